The van der Waals surface area contributed by atoms with Gasteiger partial charge in [-0.25, -0.2) is 14.2 Å². The summed E-state index contributed by atoms with van der Waals surface area (Å²) in [6.45, 7) is 0. The fraction of sp³-hybridized carbons (Fsp3) is 0. The molecule has 0 radical (unpaired) electrons. The third-order valence-electron chi connectivity index (χ3n) is 2.16. The van der Waals surface area contributed by atoms with E-state index in [-0.39, 0.29) is 22.2 Å². The van der Waals surface area contributed by atoms with Gasteiger partial charge >= 0.3 is 5.97 Å². The van der Waals surface area contributed by atoms with Crippen LogP contribution in [0.4, 0.5) is 4.39 Å². The number of pyridine rings is 1. The quantitative estimate of drug-likeness (QED) is 0.908. The lowest BCUT2D eigenvalue weighted by molar-refractivity contribution is 0.0697. The van der Waals surface area contributed by atoms with Crippen molar-refractivity contribution in [1.82, 2.24) is 4.98 Å². The van der Waals surface area contributed by atoms with Crippen molar-refractivity contribution in [2.24, 2.45) is 0 Å². The zero-order chi connectivity index (χ0) is 14.0. The second kappa shape index (κ2) is 5.54. The van der Waals surface area contributed by atoms with Crippen LogP contribution >= 0.6 is 27.5 Å². The molecular formula is C12H6BrClFNO3. The molecule has 0 aliphatic carbocycles. The van der Waals surface area contributed by atoms with Crippen LogP contribution in [0.5, 0.6) is 11.6 Å². The monoisotopic (exact) mass is 345 g/mol. The van der Waals surface area contributed by atoms with E-state index in [9.17, 15) is 9.18 Å². The molecule has 98 valence electrons. The Bertz CT molecular complexity index is 651. The van der Waals surface area contributed by atoms with E-state index in [1.165, 1.54) is 30.5 Å². The van der Waals surface area contributed by atoms with Gasteiger partial charge in [0.05, 0.1) is 10.6 Å². The van der Waals surface area contributed by atoms with Gasteiger partial charge in [-0.1, -0.05) is 11.6 Å². The lowest BCUT2D eigenvalue weighted by Crippen LogP contribution is -1.97. The molecule has 1 aromatic heterocycles. The molecule has 7 heteroatoms. The molecule has 1 heterocycles. The Morgan fingerprint density at radius 3 is 2.74 bits per heavy atom. The number of aromatic carboxylic acids is 1. The predicted molar refractivity (Wildman–Crippen MR) is 70.4 cm³/mol. The van der Waals surface area contributed by atoms with E-state index in [1.807, 2.05) is 0 Å². The van der Waals surface area contributed by atoms with Crippen LogP contribution in [0.2, 0.25) is 5.02 Å². The highest BCUT2D eigenvalue weighted by Crippen LogP contribution is 2.31. The molecule has 0 spiro atoms. The van der Waals surface area contributed by atoms with Crippen molar-refractivity contribution in [3.05, 3.63) is 51.3 Å². The first-order chi connectivity index (χ1) is 8.97. The Kier molecular flexibility index (Phi) is 4.01. The average molecular weight is 347 g/mol. The summed E-state index contributed by atoms with van der Waals surface area (Å²) in [4.78, 5) is 14.5. The number of carbonyl (C=O) groups is 1. The fourth-order valence-electron chi connectivity index (χ4n) is 1.30. The summed E-state index contributed by atoms with van der Waals surface area (Å²) in [5, 5.41) is 8.85. The molecule has 0 amide bonds. The fourth-order valence-corrected chi connectivity index (χ4v) is 1.82. The first kappa shape index (κ1) is 13.8. The number of halogens is 3. The minimum Gasteiger partial charge on any atom is -0.478 e. The molecule has 19 heavy (non-hydrogen) atoms. The maximum Gasteiger partial charge on any atom is 0.335 e. The number of rotatable bonds is 3. The van der Waals surface area contributed by atoms with Crippen molar-refractivity contribution in [2.45, 2.75) is 0 Å². The SMILES string of the molecule is O=C(O)c1ccc(Oc2ncc(Br)cc2F)c(Cl)c1. The molecule has 1 aromatic carbocycles. The van der Waals surface area contributed by atoms with E-state index in [1.54, 1.807) is 0 Å². The predicted octanol–water partition coefficient (Wildman–Crippen LogP) is 4.13. The van der Waals surface area contributed by atoms with Gasteiger partial charge in [0.15, 0.2) is 5.82 Å². The van der Waals surface area contributed by atoms with Crippen molar-refractivity contribution < 1.29 is 19.0 Å². The van der Waals surface area contributed by atoms with Gasteiger partial charge in [0, 0.05) is 10.7 Å². The van der Waals surface area contributed by atoms with Crippen molar-refractivity contribution in [3.8, 4) is 11.6 Å². The van der Waals surface area contributed by atoms with Crippen molar-refractivity contribution in [3.63, 3.8) is 0 Å². The zero-order valence-electron chi connectivity index (χ0n) is 9.23. The summed E-state index contributed by atoms with van der Waals surface area (Å²) in [6.07, 6.45) is 1.37. The summed E-state index contributed by atoms with van der Waals surface area (Å²) in [5.74, 6) is -1.89. The topological polar surface area (TPSA) is 59.4 Å². The van der Waals surface area contributed by atoms with E-state index < -0.39 is 11.8 Å². The molecule has 2 rings (SSSR count). The third kappa shape index (κ3) is 3.21. The highest BCUT2D eigenvalue weighted by atomic mass is 79.9. The van der Waals surface area contributed by atoms with Crippen molar-refractivity contribution in [2.75, 3.05) is 0 Å². The van der Waals surface area contributed by atoms with Crippen LogP contribution in [0.25, 0.3) is 0 Å². The van der Waals surface area contributed by atoms with E-state index in [0.717, 1.165) is 0 Å². The summed E-state index contributed by atoms with van der Waals surface area (Å²) < 4.78 is 19.2. The molecule has 0 saturated carbocycles. The van der Waals surface area contributed by atoms with Gasteiger partial charge in [0.2, 0.25) is 0 Å². The third-order valence-corrected chi connectivity index (χ3v) is 2.89. The van der Waals surface area contributed by atoms with Crippen LogP contribution in [0.1, 0.15) is 10.4 Å². The molecule has 1 N–H and O–H groups in total. The van der Waals surface area contributed by atoms with Gasteiger partial charge in [-0.2, -0.15) is 0 Å². The lowest BCUT2D eigenvalue weighted by atomic mass is 10.2. The van der Waals surface area contributed by atoms with Gasteiger partial charge in [0.25, 0.3) is 5.88 Å². The van der Waals surface area contributed by atoms with Gasteiger partial charge in [-0.05, 0) is 40.2 Å². The number of hydrogen-bond donors (Lipinski definition) is 1. The van der Waals surface area contributed by atoms with Gasteiger partial charge in [-0.15, -0.1) is 0 Å². The summed E-state index contributed by atoms with van der Waals surface area (Å²) in [7, 11) is 0. The molecule has 0 unspecified atom stereocenters. The molecule has 0 saturated heterocycles. The number of carboxylic acids is 1. The molecule has 2 aromatic rings. The standard InChI is InChI=1S/C12H6BrClFNO3/c13-7-4-9(15)11(16-5-7)19-10-2-1-6(12(17)18)3-8(10)14/h1-5H,(H,17,18). The minimum absolute atomic E-state index is 0.0154. The van der Waals surface area contributed by atoms with Crippen LogP contribution in [-0.4, -0.2) is 16.1 Å². The first-order valence-corrected chi connectivity index (χ1v) is 6.16. The Morgan fingerprint density at radius 2 is 2.16 bits per heavy atom. The highest BCUT2D eigenvalue weighted by Gasteiger charge is 2.12. The lowest BCUT2D eigenvalue weighted by Gasteiger charge is -2.08. The zero-order valence-corrected chi connectivity index (χ0v) is 11.6. The summed E-state index contributed by atoms with van der Waals surface area (Å²) in [6, 6.07) is 5.06. The van der Waals surface area contributed by atoms with E-state index in [2.05, 4.69) is 20.9 Å². The minimum atomic E-state index is -1.11. The number of nitrogens with zero attached hydrogens (tertiary/aromatic N) is 1. The van der Waals surface area contributed by atoms with Gasteiger partial charge < -0.3 is 9.84 Å². The maximum atomic E-state index is 13.5. The van der Waals surface area contributed by atoms with Crippen LogP contribution < -0.4 is 4.74 Å². The Labute approximate surface area is 120 Å². The number of hydrogen-bond acceptors (Lipinski definition) is 3. The van der Waals surface area contributed by atoms with Crippen molar-refractivity contribution >= 4 is 33.5 Å². The molecule has 0 aliphatic rings. The second-order valence-electron chi connectivity index (χ2n) is 3.49. The Hall–Kier alpha value is -1.66. The molecule has 0 atom stereocenters. The second-order valence-corrected chi connectivity index (χ2v) is 4.82. The molecule has 0 bridgehead atoms. The summed E-state index contributed by atoms with van der Waals surface area (Å²) in [5.41, 5.74) is 0.0154. The van der Waals surface area contributed by atoms with Crippen molar-refractivity contribution in [1.29, 1.82) is 0 Å². The number of aromatic nitrogens is 1. The smallest absolute Gasteiger partial charge is 0.335 e. The Balaban J connectivity index is 2.31. The molecule has 4 nitrogen and oxygen atoms in total. The molecule has 0 fully saturated rings. The molecular weight excluding hydrogens is 340 g/mol. The average Bonchev–Trinajstić information content (AvgIpc) is 2.34. The van der Waals surface area contributed by atoms with Gasteiger partial charge in [0.1, 0.15) is 5.75 Å². The van der Waals surface area contributed by atoms with Gasteiger partial charge in [-0.3, -0.25) is 0 Å². The molecule has 0 aliphatic heterocycles. The van der Waals surface area contributed by atoms with E-state index in [4.69, 9.17) is 21.4 Å². The summed E-state index contributed by atoms with van der Waals surface area (Å²) >= 11 is 8.93. The van der Waals surface area contributed by atoms with Crippen LogP contribution in [0.15, 0.2) is 34.9 Å². The number of carboxylic acid groups (broad SMARTS) is 1. The first-order valence-electron chi connectivity index (χ1n) is 4.99. The van der Waals surface area contributed by atoms with Crippen LogP contribution in [0, 0.1) is 5.82 Å². The Morgan fingerprint density at radius 1 is 1.42 bits per heavy atom. The number of ether oxygens (including phenoxy) is 1. The maximum absolute atomic E-state index is 13.5. The number of benzene rings is 1. The largest absolute Gasteiger partial charge is 0.478 e. The van der Waals surface area contributed by atoms with E-state index in [0.29, 0.717) is 4.47 Å². The normalized spacial score (nSPS) is 10.3. The highest BCUT2D eigenvalue weighted by molar-refractivity contribution is 9.10. The van der Waals surface area contributed by atoms with Crippen LogP contribution in [-0.2, 0) is 0 Å². The van der Waals surface area contributed by atoms with E-state index >= 15 is 0 Å². The van der Waals surface area contributed by atoms with Crippen LogP contribution in [0.3, 0.4) is 0 Å².